The maximum atomic E-state index is 13.5. The van der Waals surface area contributed by atoms with Crippen LogP contribution < -0.4 is 4.74 Å². The average Bonchev–Trinajstić information content (AvgIpc) is 3.32. The Morgan fingerprint density at radius 2 is 1.75 bits per heavy atom. The number of likely N-dealkylation sites (tertiary alicyclic amines) is 1. The van der Waals surface area contributed by atoms with Gasteiger partial charge in [-0.1, -0.05) is 18.6 Å². The Labute approximate surface area is 165 Å². The summed E-state index contributed by atoms with van der Waals surface area (Å²) in [5.41, 5.74) is 0.943. The Balaban J connectivity index is 1.44. The number of methoxy groups -OCH3 is 1. The lowest BCUT2D eigenvalue weighted by molar-refractivity contribution is -0.170. The molecule has 2 saturated heterocycles. The van der Waals surface area contributed by atoms with Crippen LogP contribution in [0.1, 0.15) is 43.7 Å². The van der Waals surface area contributed by atoms with Crippen molar-refractivity contribution in [2.24, 2.45) is 11.8 Å². The number of hydrogen-bond donors (Lipinski definition) is 0. The lowest BCUT2D eigenvalue weighted by Gasteiger charge is -2.42. The summed E-state index contributed by atoms with van der Waals surface area (Å²) in [6.45, 7) is 1.69. The molecule has 2 amide bonds. The Hall–Kier alpha value is -2.08. The monoisotopic (exact) mass is 384 g/mol. The third-order valence-corrected chi connectivity index (χ3v) is 6.94. The summed E-state index contributed by atoms with van der Waals surface area (Å²) < 4.78 is 11.2. The molecule has 6 heteroatoms. The van der Waals surface area contributed by atoms with E-state index in [2.05, 4.69) is 0 Å². The molecule has 0 spiro atoms. The van der Waals surface area contributed by atoms with Gasteiger partial charge in [0.2, 0.25) is 5.91 Å². The lowest BCUT2D eigenvalue weighted by Crippen LogP contribution is -2.55. The molecule has 0 aromatic heterocycles. The molecule has 0 N–H and O–H groups in total. The van der Waals surface area contributed by atoms with Crippen molar-refractivity contribution >= 4 is 11.8 Å². The fourth-order valence-corrected chi connectivity index (χ4v) is 5.35. The molecule has 0 bridgehead atoms. The molecule has 1 aromatic rings. The highest BCUT2D eigenvalue weighted by Crippen LogP contribution is 2.42. The molecule has 0 unspecified atom stereocenters. The van der Waals surface area contributed by atoms with E-state index < -0.39 is 6.10 Å². The quantitative estimate of drug-likeness (QED) is 0.800. The summed E-state index contributed by atoms with van der Waals surface area (Å²) in [6, 6.07) is 7.58. The molecule has 5 rings (SSSR count). The van der Waals surface area contributed by atoms with Crippen LogP contribution in [0.25, 0.3) is 0 Å². The molecule has 4 fully saturated rings. The summed E-state index contributed by atoms with van der Waals surface area (Å²) >= 11 is 0. The first-order chi connectivity index (χ1) is 13.7. The fourth-order valence-electron chi connectivity index (χ4n) is 5.35. The van der Waals surface area contributed by atoms with E-state index in [9.17, 15) is 9.59 Å². The molecule has 150 valence electrons. The number of carbonyl (C=O) groups excluding carboxylic acids is 2. The van der Waals surface area contributed by atoms with Gasteiger partial charge in [0.05, 0.1) is 13.2 Å². The van der Waals surface area contributed by atoms with Crippen molar-refractivity contribution in [2.45, 2.75) is 50.3 Å². The molecule has 2 saturated carbocycles. The normalized spacial score (nSPS) is 32.5. The SMILES string of the molecule is COc1ccc([C@@H]2[C@@H](C(=O)N3C[C@H]4CCC[C@H]4C3)OCC(=O)N2C2CC2)cc1. The van der Waals surface area contributed by atoms with Crippen LogP contribution in [-0.4, -0.2) is 60.6 Å². The molecule has 28 heavy (non-hydrogen) atoms. The number of hydrogen-bond acceptors (Lipinski definition) is 4. The number of amides is 2. The number of ether oxygens (including phenoxy) is 2. The Morgan fingerprint density at radius 3 is 2.36 bits per heavy atom. The third kappa shape index (κ3) is 3.08. The smallest absolute Gasteiger partial charge is 0.254 e. The van der Waals surface area contributed by atoms with Gasteiger partial charge in [-0.3, -0.25) is 9.59 Å². The molecule has 0 radical (unpaired) electrons. The van der Waals surface area contributed by atoms with Crippen molar-refractivity contribution in [3.63, 3.8) is 0 Å². The maximum Gasteiger partial charge on any atom is 0.254 e. The highest BCUT2D eigenvalue weighted by molar-refractivity contribution is 5.87. The van der Waals surface area contributed by atoms with Gasteiger partial charge in [0, 0.05) is 19.1 Å². The number of fused-ring (bicyclic) bond motifs is 1. The van der Waals surface area contributed by atoms with Crippen molar-refractivity contribution in [3.8, 4) is 5.75 Å². The van der Waals surface area contributed by atoms with Gasteiger partial charge >= 0.3 is 0 Å². The summed E-state index contributed by atoms with van der Waals surface area (Å²) in [5, 5.41) is 0. The molecule has 2 aliphatic carbocycles. The van der Waals surface area contributed by atoms with Gasteiger partial charge in [0.15, 0.2) is 6.10 Å². The summed E-state index contributed by atoms with van der Waals surface area (Å²) in [4.78, 5) is 30.1. The van der Waals surface area contributed by atoms with E-state index in [4.69, 9.17) is 9.47 Å². The van der Waals surface area contributed by atoms with Crippen LogP contribution in [0.15, 0.2) is 24.3 Å². The van der Waals surface area contributed by atoms with Gasteiger partial charge < -0.3 is 19.3 Å². The predicted octanol–water partition coefficient (Wildman–Crippen LogP) is 2.38. The molecule has 2 heterocycles. The van der Waals surface area contributed by atoms with Crippen LogP contribution in [0, 0.1) is 11.8 Å². The Kier molecular flexibility index (Phi) is 4.54. The zero-order valence-electron chi connectivity index (χ0n) is 16.4. The zero-order chi connectivity index (χ0) is 19.3. The molecule has 4 aliphatic rings. The minimum absolute atomic E-state index is 0.000256. The summed E-state index contributed by atoms with van der Waals surface area (Å²) in [7, 11) is 1.63. The second-order valence-corrected chi connectivity index (χ2v) is 8.68. The zero-order valence-corrected chi connectivity index (χ0v) is 16.4. The first kappa shape index (κ1) is 18.0. The van der Waals surface area contributed by atoms with Crippen molar-refractivity contribution in [1.29, 1.82) is 0 Å². The lowest BCUT2D eigenvalue weighted by atomic mass is 9.96. The topological polar surface area (TPSA) is 59.1 Å². The minimum Gasteiger partial charge on any atom is -0.497 e. The van der Waals surface area contributed by atoms with Crippen LogP contribution in [0.5, 0.6) is 5.75 Å². The maximum absolute atomic E-state index is 13.5. The van der Waals surface area contributed by atoms with Crippen molar-refractivity contribution in [1.82, 2.24) is 9.80 Å². The van der Waals surface area contributed by atoms with E-state index in [0.717, 1.165) is 37.2 Å². The van der Waals surface area contributed by atoms with E-state index in [0.29, 0.717) is 11.8 Å². The van der Waals surface area contributed by atoms with Gasteiger partial charge in [0.1, 0.15) is 12.4 Å². The number of benzene rings is 1. The molecular weight excluding hydrogens is 356 g/mol. The van der Waals surface area contributed by atoms with Crippen LogP contribution in [0.4, 0.5) is 0 Å². The highest BCUT2D eigenvalue weighted by Gasteiger charge is 2.50. The van der Waals surface area contributed by atoms with E-state index in [1.54, 1.807) is 7.11 Å². The second-order valence-electron chi connectivity index (χ2n) is 8.68. The van der Waals surface area contributed by atoms with Crippen LogP contribution >= 0.6 is 0 Å². The highest BCUT2D eigenvalue weighted by atomic mass is 16.5. The van der Waals surface area contributed by atoms with E-state index in [1.807, 2.05) is 34.1 Å². The van der Waals surface area contributed by atoms with Gasteiger partial charge in [0.25, 0.3) is 5.91 Å². The first-order valence-corrected chi connectivity index (χ1v) is 10.5. The number of carbonyl (C=O) groups is 2. The number of morpholine rings is 1. The third-order valence-electron chi connectivity index (χ3n) is 6.94. The molecular formula is C22H28N2O4. The van der Waals surface area contributed by atoms with Crippen LogP contribution in [-0.2, 0) is 14.3 Å². The first-order valence-electron chi connectivity index (χ1n) is 10.5. The van der Waals surface area contributed by atoms with Crippen molar-refractivity contribution in [2.75, 3.05) is 26.8 Å². The van der Waals surface area contributed by atoms with Crippen molar-refractivity contribution in [3.05, 3.63) is 29.8 Å². The Morgan fingerprint density at radius 1 is 1.07 bits per heavy atom. The summed E-state index contributed by atoms with van der Waals surface area (Å²) in [5.74, 6) is 2.10. The average molecular weight is 384 g/mol. The standard InChI is InChI=1S/C22H28N2O4/c1-27-18-9-5-14(6-10-18)20-21(28-13-19(25)24(20)17-7-8-17)22(26)23-11-15-3-2-4-16(15)12-23/h5-6,9-10,15-17,20-21H,2-4,7-8,11-13H2,1H3/t15-,16+,20-,21+/m1/s1. The number of nitrogens with zero attached hydrogens (tertiary/aromatic N) is 2. The predicted molar refractivity (Wildman–Crippen MR) is 103 cm³/mol. The van der Waals surface area contributed by atoms with E-state index in [-0.39, 0.29) is 30.5 Å². The minimum atomic E-state index is -0.620. The molecule has 2 aliphatic heterocycles. The van der Waals surface area contributed by atoms with Gasteiger partial charge in [-0.25, -0.2) is 0 Å². The Bertz CT molecular complexity index is 748. The second kappa shape index (κ2) is 7.07. The van der Waals surface area contributed by atoms with Gasteiger partial charge in [-0.05, 0) is 55.2 Å². The van der Waals surface area contributed by atoms with E-state index >= 15 is 0 Å². The fraction of sp³-hybridized carbons (Fsp3) is 0.636. The number of rotatable bonds is 4. The van der Waals surface area contributed by atoms with Gasteiger partial charge in [-0.15, -0.1) is 0 Å². The largest absolute Gasteiger partial charge is 0.497 e. The van der Waals surface area contributed by atoms with Crippen LogP contribution in [0.2, 0.25) is 0 Å². The molecule has 4 atom stereocenters. The van der Waals surface area contributed by atoms with Crippen molar-refractivity contribution < 1.29 is 19.1 Å². The van der Waals surface area contributed by atoms with Crippen LogP contribution in [0.3, 0.4) is 0 Å². The molecule has 1 aromatic carbocycles. The molecule has 6 nitrogen and oxygen atoms in total. The van der Waals surface area contributed by atoms with Gasteiger partial charge in [-0.2, -0.15) is 0 Å². The summed E-state index contributed by atoms with van der Waals surface area (Å²) in [6.07, 6.45) is 5.14. The van der Waals surface area contributed by atoms with E-state index in [1.165, 1.54) is 19.3 Å².